The topological polar surface area (TPSA) is 3.24 Å². The molecule has 16 heavy (non-hydrogen) atoms. The highest BCUT2D eigenvalue weighted by Crippen LogP contribution is 2.10. The van der Waals surface area contributed by atoms with Gasteiger partial charge in [-0.25, -0.2) is 0 Å². The molecular formula is C15H31N. The van der Waals surface area contributed by atoms with Crippen LogP contribution >= 0.6 is 0 Å². The molecule has 0 spiro atoms. The van der Waals surface area contributed by atoms with Crippen LogP contribution in [0.1, 0.15) is 71.6 Å². The SMILES string of the molecule is C=C(CC)N(C)CCCCCCCCCC. The molecule has 0 heterocycles. The highest BCUT2D eigenvalue weighted by molar-refractivity contribution is 4.90. The van der Waals surface area contributed by atoms with Gasteiger partial charge in [0.2, 0.25) is 0 Å². The van der Waals surface area contributed by atoms with E-state index in [0.717, 1.165) is 6.42 Å². The fourth-order valence-electron chi connectivity index (χ4n) is 1.91. The van der Waals surface area contributed by atoms with Crippen molar-refractivity contribution >= 4 is 0 Å². The van der Waals surface area contributed by atoms with Crippen LogP contribution in [0.3, 0.4) is 0 Å². The summed E-state index contributed by atoms with van der Waals surface area (Å²) in [6.07, 6.45) is 12.3. The zero-order chi connectivity index (χ0) is 12.2. The van der Waals surface area contributed by atoms with E-state index >= 15 is 0 Å². The second-order valence-corrected chi connectivity index (χ2v) is 4.82. The molecule has 0 radical (unpaired) electrons. The van der Waals surface area contributed by atoms with Crippen LogP contribution in [0.2, 0.25) is 0 Å². The molecule has 0 amide bonds. The first-order chi connectivity index (χ1) is 7.72. The summed E-state index contributed by atoms with van der Waals surface area (Å²) in [6, 6.07) is 0. The Morgan fingerprint density at radius 3 is 1.88 bits per heavy atom. The average Bonchev–Trinajstić information content (AvgIpc) is 2.31. The molecule has 0 fully saturated rings. The first kappa shape index (κ1) is 15.5. The molecule has 1 heteroatoms. The van der Waals surface area contributed by atoms with E-state index in [-0.39, 0.29) is 0 Å². The third-order valence-electron chi connectivity index (χ3n) is 3.30. The van der Waals surface area contributed by atoms with Crippen LogP contribution in [-0.4, -0.2) is 18.5 Å². The highest BCUT2D eigenvalue weighted by atomic mass is 15.1. The Bertz CT molecular complexity index is 163. The molecule has 0 aromatic heterocycles. The third kappa shape index (κ3) is 8.82. The van der Waals surface area contributed by atoms with E-state index in [2.05, 4.69) is 32.4 Å². The largest absolute Gasteiger partial charge is 0.378 e. The summed E-state index contributed by atoms with van der Waals surface area (Å²) in [6.45, 7) is 9.68. The lowest BCUT2D eigenvalue weighted by atomic mass is 10.1. The second kappa shape index (κ2) is 11.0. The van der Waals surface area contributed by atoms with E-state index < -0.39 is 0 Å². The minimum atomic E-state index is 1.08. The zero-order valence-corrected chi connectivity index (χ0v) is 11.7. The maximum Gasteiger partial charge on any atom is 0.0171 e. The van der Waals surface area contributed by atoms with Crippen LogP contribution in [0.25, 0.3) is 0 Å². The van der Waals surface area contributed by atoms with Crippen molar-refractivity contribution in [1.82, 2.24) is 4.90 Å². The molecule has 0 aromatic carbocycles. The normalized spacial score (nSPS) is 10.4. The van der Waals surface area contributed by atoms with Crippen molar-refractivity contribution < 1.29 is 0 Å². The molecule has 0 aliphatic heterocycles. The number of hydrogen-bond acceptors (Lipinski definition) is 1. The molecule has 0 aliphatic carbocycles. The van der Waals surface area contributed by atoms with Gasteiger partial charge < -0.3 is 4.90 Å². The minimum Gasteiger partial charge on any atom is -0.378 e. The summed E-state index contributed by atoms with van der Waals surface area (Å²) in [5, 5.41) is 0. The van der Waals surface area contributed by atoms with Crippen molar-refractivity contribution in [2.45, 2.75) is 71.6 Å². The molecule has 0 unspecified atom stereocenters. The molecule has 0 aromatic rings. The first-order valence-corrected chi connectivity index (χ1v) is 7.11. The maximum atomic E-state index is 4.05. The summed E-state index contributed by atoms with van der Waals surface area (Å²) in [7, 11) is 2.16. The van der Waals surface area contributed by atoms with Crippen LogP contribution in [0, 0.1) is 0 Å². The van der Waals surface area contributed by atoms with Gasteiger partial charge in [-0.1, -0.05) is 65.4 Å². The fraction of sp³-hybridized carbons (Fsp3) is 0.867. The van der Waals surface area contributed by atoms with E-state index in [4.69, 9.17) is 0 Å². The average molecular weight is 225 g/mol. The molecule has 1 nitrogen and oxygen atoms in total. The lowest BCUT2D eigenvalue weighted by molar-refractivity contribution is 0.388. The lowest BCUT2D eigenvalue weighted by Gasteiger charge is -2.20. The van der Waals surface area contributed by atoms with E-state index in [1.807, 2.05) is 0 Å². The van der Waals surface area contributed by atoms with Crippen molar-refractivity contribution in [3.8, 4) is 0 Å². The predicted octanol–water partition coefficient (Wildman–Crippen LogP) is 4.98. The minimum absolute atomic E-state index is 1.08. The van der Waals surface area contributed by atoms with Crippen LogP contribution in [-0.2, 0) is 0 Å². The molecule has 0 bridgehead atoms. The van der Waals surface area contributed by atoms with Gasteiger partial charge in [-0.3, -0.25) is 0 Å². The lowest BCUT2D eigenvalue weighted by Crippen LogP contribution is -2.17. The molecule has 0 atom stereocenters. The Labute approximate surface area is 103 Å². The van der Waals surface area contributed by atoms with Gasteiger partial charge >= 0.3 is 0 Å². The van der Waals surface area contributed by atoms with Gasteiger partial charge in [0.05, 0.1) is 0 Å². The Balaban J connectivity index is 3.17. The summed E-state index contributed by atoms with van der Waals surface area (Å²) in [5.74, 6) is 0. The van der Waals surface area contributed by atoms with E-state index in [9.17, 15) is 0 Å². The standard InChI is InChI=1S/C15H31N/c1-5-7-8-9-10-11-12-13-14-16(4)15(3)6-2/h3,5-14H2,1-2,4H3. The Hall–Kier alpha value is -0.460. The maximum absolute atomic E-state index is 4.05. The van der Waals surface area contributed by atoms with Gasteiger partial charge in [0.1, 0.15) is 0 Å². The van der Waals surface area contributed by atoms with Gasteiger partial charge in [0.25, 0.3) is 0 Å². The molecule has 0 rings (SSSR count). The monoisotopic (exact) mass is 225 g/mol. The van der Waals surface area contributed by atoms with Crippen molar-refractivity contribution in [1.29, 1.82) is 0 Å². The fourth-order valence-corrected chi connectivity index (χ4v) is 1.91. The van der Waals surface area contributed by atoms with E-state index in [1.165, 1.54) is 63.6 Å². The van der Waals surface area contributed by atoms with E-state index in [1.54, 1.807) is 0 Å². The number of nitrogens with zero attached hydrogens (tertiary/aromatic N) is 1. The van der Waals surface area contributed by atoms with E-state index in [0.29, 0.717) is 0 Å². The van der Waals surface area contributed by atoms with Crippen LogP contribution in [0.4, 0.5) is 0 Å². The van der Waals surface area contributed by atoms with Crippen molar-refractivity contribution in [2.75, 3.05) is 13.6 Å². The number of unbranched alkanes of at least 4 members (excludes halogenated alkanes) is 7. The number of rotatable bonds is 11. The van der Waals surface area contributed by atoms with Gasteiger partial charge in [-0.05, 0) is 12.8 Å². The number of hydrogen-bond donors (Lipinski definition) is 0. The van der Waals surface area contributed by atoms with Gasteiger partial charge in [-0.2, -0.15) is 0 Å². The summed E-state index contributed by atoms with van der Waals surface area (Å²) in [4.78, 5) is 2.30. The quantitative estimate of drug-likeness (QED) is 0.448. The predicted molar refractivity (Wildman–Crippen MR) is 74.7 cm³/mol. The molecule has 0 saturated heterocycles. The molecule has 0 N–H and O–H groups in total. The molecule has 96 valence electrons. The summed E-state index contributed by atoms with van der Waals surface area (Å²) >= 11 is 0. The Morgan fingerprint density at radius 2 is 1.38 bits per heavy atom. The summed E-state index contributed by atoms with van der Waals surface area (Å²) in [5.41, 5.74) is 1.27. The van der Waals surface area contributed by atoms with Crippen LogP contribution in [0.15, 0.2) is 12.3 Å². The zero-order valence-electron chi connectivity index (χ0n) is 11.7. The third-order valence-corrected chi connectivity index (χ3v) is 3.30. The number of allylic oxidation sites excluding steroid dienone is 1. The van der Waals surface area contributed by atoms with Crippen molar-refractivity contribution in [3.05, 3.63) is 12.3 Å². The Kier molecular flexibility index (Phi) is 10.7. The van der Waals surface area contributed by atoms with Crippen molar-refractivity contribution in [2.24, 2.45) is 0 Å². The summed E-state index contributed by atoms with van der Waals surface area (Å²) < 4.78 is 0. The Morgan fingerprint density at radius 1 is 0.875 bits per heavy atom. The molecule has 0 saturated carbocycles. The first-order valence-electron chi connectivity index (χ1n) is 7.11. The van der Waals surface area contributed by atoms with Gasteiger partial charge in [0, 0.05) is 19.3 Å². The smallest absolute Gasteiger partial charge is 0.0171 e. The van der Waals surface area contributed by atoms with Crippen LogP contribution < -0.4 is 0 Å². The van der Waals surface area contributed by atoms with Gasteiger partial charge in [-0.15, -0.1) is 0 Å². The van der Waals surface area contributed by atoms with Gasteiger partial charge in [0.15, 0.2) is 0 Å². The van der Waals surface area contributed by atoms with Crippen molar-refractivity contribution in [3.63, 3.8) is 0 Å². The molecular weight excluding hydrogens is 194 g/mol. The van der Waals surface area contributed by atoms with Crippen LogP contribution in [0.5, 0.6) is 0 Å². The molecule has 0 aliphatic rings. The highest BCUT2D eigenvalue weighted by Gasteiger charge is 1.98. The second-order valence-electron chi connectivity index (χ2n) is 4.82.